The van der Waals surface area contributed by atoms with E-state index in [-0.39, 0.29) is 24.2 Å². The second-order valence-corrected chi connectivity index (χ2v) is 5.59. The lowest BCUT2D eigenvalue weighted by atomic mass is 10.1. The van der Waals surface area contributed by atoms with Crippen molar-refractivity contribution >= 4 is 29.2 Å². The number of ether oxygens (including phenoxy) is 1. The number of hydrogen-bond donors (Lipinski definition) is 2. The van der Waals surface area contributed by atoms with Crippen molar-refractivity contribution in [3.05, 3.63) is 36.5 Å². The van der Waals surface area contributed by atoms with Crippen molar-refractivity contribution in [2.75, 3.05) is 13.2 Å². The Kier molecular flexibility index (Phi) is 7.78. The zero-order valence-corrected chi connectivity index (χ0v) is 14.3. The minimum atomic E-state index is -0.455. The van der Waals surface area contributed by atoms with Gasteiger partial charge in [-0.3, -0.25) is 9.78 Å². The number of hydrogen-bond acceptors (Lipinski definition) is 4. The van der Waals surface area contributed by atoms with Crippen LogP contribution >= 0.6 is 12.4 Å². The Hall–Kier alpha value is -1.85. The number of nitrogens with one attached hydrogen (secondary N) is 1. The minimum absolute atomic E-state index is 0. The molecule has 0 aliphatic rings. The first-order valence-electron chi connectivity index (χ1n) is 7.59. The molecular formula is C17H24ClN3O2. The molecule has 0 aliphatic heterocycles. The Morgan fingerprint density at radius 2 is 2.04 bits per heavy atom. The van der Waals surface area contributed by atoms with E-state index in [0.29, 0.717) is 13.2 Å². The molecule has 0 unspecified atom stereocenters. The fourth-order valence-corrected chi connectivity index (χ4v) is 2.08. The lowest BCUT2D eigenvalue weighted by Gasteiger charge is -2.15. The van der Waals surface area contributed by atoms with Crippen LogP contribution in [0.3, 0.4) is 0 Å². The number of pyridine rings is 1. The Labute approximate surface area is 143 Å². The maximum atomic E-state index is 11.7. The van der Waals surface area contributed by atoms with Crippen LogP contribution in [0.4, 0.5) is 0 Å². The zero-order chi connectivity index (χ0) is 15.9. The van der Waals surface area contributed by atoms with E-state index in [2.05, 4.69) is 10.3 Å². The largest absolute Gasteiger partial charge is 0.491 e. The van der Waals surface area contributed by atoms with E-state index < -0.39 is 6.04 Å². The highest BCUT2D eigenvalue weighted by Crippen LogP contribution is 2.22. The van der Waals surface area contributed by atoms with E-state index in [1.807, 2.05) is 44.2 Å². The summed E-state index contributed by atoms with van der Waals surface area (Å²) in [5.74, 6) is 0.795. The maximum Gasteiger partial charge on any atom is 0.237 e. The van der Waals surface area contributed by atoms with E-state index in [1.54, 1.807) is 6.20 Å². The molecule has 1 aromatic heterocycles. The number of carbonyl (C=O) groups is 1. The SMILES string of the molecule is CC(C)[C@H](N)C(=O)NCCCOc1cccc2cccnc12.Cl. The quantitative estimate of drug-likeness (QED) is 0.761. The van der Waals surface area contributed by atoms with Gasteiger partial charge in [-0.25, -0.2) is 0 Å². The predicted molar refractivity (Wildman–Crippen MR) is 94.9 cm³/mol. The van der Waals surface area contributed by atoms with Gasteiger partial charge in [-0.05, 0) is 24.5 Å². The average Bonchev–Trinajstić information content (AvgIpc) is 2.53. The van der Waals surface area contributed by atoms with Gasteiger partial charge >= 0.3 is 0 Å². The van der Waals surface area contributed by atoms with Crippen molar-refractivity contribution < 1.29 is 9.53 Å². The molecule has 0 spiro atoms. The molecule has 23 heavy (non-hydrogen) atoms. The molecule has 3 N–H and O–H groups in total. The molecule has 0 radical (unpaired) electrons. The van der Waals surface area contributed by atoms with Crippen LogP contribution in [-0.4, -0.2) is 30.1 Å². The lowest BCUT2D eigenvalue weighted by molar-refractivity contribution is -0.123. The molecule has 5 nitrogen and oxygen atoms in total. The molecule has 1 atom stereocenters. The van der Waals surface area contributed by atoms with Gasteiger partial charge in [0.2, 0.25) is 5.91 Å². The molecule has 2 rings (SSSR count). The molecule has 2 aromatic rings. The smallest absolute Gasteiger partial charge is 0.237 e. The molecule has 1 heterocycles. The van der Waals surface area contributed by atoms with Gasteiger partial charge in [0.15, 0.2) is 0 Å². The Morgan fingerprint density at radius 1 is 1.30 bits per heavy atom. The molecule has 1 amide bonds. The first-order chi connectivity index (χ1) is 10.6. The van der Waals surface area contributed by atoms with Crippen molar-refractivity contribution in [3.63, 3.8) is 0 Å². The average molecular weight is 338 g/mol. The summed E-state index contributed by atoms with van der Waals surface area (Å²) >= 11 is 0. The molecule has 0 fully saturated rings. The third kappa shape index (κ3) is 5.37. The summed E-state index contributed by atoms with van der Waals surface area (Å²) in [4.78, 5) is 16.0. The standard InChI is InChI=1S/C17H23N3O2.ClH/c1-12(2)15(18)17(21)20-10-5-11-22-14-8-3-6-13-7-4-9-19-16(13)14;/h3-4,6-9,12,15H,5,10-11,18H2,1-2H3,(H,20,21);1H/t15-;/m0./s1. The second-order valence-electron chi connectivity index (χ2n) is 5.59. The minimum Gasteiger partial charge on any atom is -0.491 e. The molecule has 6 heteroatoms. The number of nitrogens with two attached hydrogens (primary N) is 1. The summed E-state index contributed by atoms with van der Waals surface area (Å²) in [6, 6.07) is 9.30. The van der Waals surface area contributed by atoms with Crippen LogP contribution in [-0.2, 0) is 4.79 Å². The number of aromatic nitrogens is 1. The third-order valence-corrected chi connectivity index (χ3v) is 3.49. The van der Waals surface area contributed by atoms with Crippen LogP contribution in [0.25, 0.3) is 10.9 Å². The topological polar surface area (TPSA) is 77.2 Å². The van der Waals surface area contributed by atoms with Gasteiger partial charge in [-0.1, -0.05) is 32.0 Å². The number of carbonyl (C=O) groups excluding carboxylic acids is 1. The van der Waals surface area contributed by atoms with Crippen LogP contribution in [0, 0.1) is 5.92 Å². The summed E-state index contributed by atoms with van der Waals surface area (Å²) < 4.78 is 5.76. The molecule has 126 valence electrons. The number of amides is 1. The van der Waals surface area contributed by atoms with Gasteiger partial charge in [0.1, 0.15) is 11.3 Å². The fourth-order valence-electron chi connectivity index (χ4n) is 2.08. The van der Waals surface area contributed by atoms with Crippen LogP contribution in [0.1, 0.15) is 20.3 Å². The molecule has 0 saturated heterocycles. The molecule has 0 aliphatic carbocycles. The summed E-state index contributed by atoms with van der Waals surface area (Å²) in [6.07, 6.45) is 2.47. The fraction of sp³-hybridized carbons (Fsp3) is 0.412. The van der Waals surface area contributed by atoms with Gasteiger partial charge in [0.05, 0.1) is 12.6 Å². The number of halogens is 1. The van der Waals surface area contributed by atoms with Crippen molar-refractivity contribution in [2.24, 2.45) is 11.7 Å². The number of fused-ring (bicyclic) bond motifs is 1. The molecule has 1 aromatic carbocycles. The van der Waals surface area contributed by atoms with E-state index >= 15 is 0 Å². The highest BCUT2D eigenvalue weighted by molar-refractivity contribution is 5.85. The van der Waals surface area contributed by atoms with Crippen molar-refractivity contribution in [2.45, 2.75) is 26.3 Å². The number of para-hydroxylation sites is 1. The van der Waals surface area contributed by atoms with E-state index in [9.17, 15) is 4.79 Å². The monoisotopic (exact) mass is 337 g/mol. The summed E-state index contributed by atoms with van der Waals surface area (Å²) in [5, 5.41) is 3.88. The van der Waals surface area contributed by atoms with Crippen molar-refractivity contribution in [1.29, 1.82) is 0 Å². The van der Waals surface area contributed by atoms with E-state index in [0.717, 1.165) is 23.1 Å². The Bertz CT molecular complexity index is 629. The molecule has 0 saturated carbocycles. The predicted octanol–water partition coefficient (Wildman–Crippen LogP) is 2.53. The van der Waals surface area contributed by atoms with Crippen LogP contribution in [0.15, 0.2) is 36.5 Å². The highest BCUT2D eigenvalue weighted by atomic mass is 35.5. The first-order valence-corrected chi connectivity index (χ1v) is 7.59. The zero-order valence-electron chi connectivity index (χ0n) is 13.5. The van der Waals surface area contributed by atoms with Gasteiger partial charge in [-0.15, -0.1) is 12.4 Å². The van der Waals surface area contributed by atoms with Gasteiger partial charge < -0.3 is 15.8 Å². The van der Waals surface area contributed by atoms with Gasteiger partial charge in [0.25, 0.3) is 0 Å². The van der Waals surface area contributed by atoms with Crippen molar-refractivity contribution in [1.82, 2.24) is 10.3 Å². The summed E-state index contributed by atoms with van der Waals surface area (Å²) in [7, 11) is 0. The number of rotatable bonds is 7. The number of nitrogens with zero attached hydrogens (tertiary/aromatic N) is 1. The summed E-state index contributed by atoms with van der Waals surface area (Å²) in [6.45, 7) is 4.94. The maximum absolute atomic E-state index is 11.7. The Balaban J connectivity index is 0.00000264. The third-order valence-electron chi connectivity index (χ3n) is 3.49. The van der Waals surface area contributed by atoms with Crippen molar-refractivity contribution in [3.8, 4) is 5.75 Å². The van der Waals surface area contributed by atoms with Gasteiger partial charge in [0, 0.05) is 18.1 Å². The first kappa shape index (κ1) is 19.2. The second kappa shape index (κ2) is 9.33. The normalized spacial score (nSPS) is 11.8. The van der Waals surface area contributed by atoms with Crippen LogP contribution in [0.5, 0.6) is 5.75 Å². The van der Waals surface area contributed by atoms with Crippen LogP contribution < -0.4 is 15.8 Å². The van der Waals surface area contributed by atoms with E-state index in [4.69, 9.17) is 10.5 Å². The van der Waals surface area contributed by atoms with E-state index in [1.165, 1.54) is 0 Å². The van der Waals surface area contributed by atoms with Gasteiger partial charge in [-0.2, -0.15) is 0 Å². The molecular weight excluding hydrogens is 314 g/mol. The highest BCUT2D eigenvalue weighted by Gasteiger charge is 2.16. The Morgan fingerprint density at radius 3 is 2.78 bits per heavy atom. The number of benzene rings is 1. The summed E-state index contributed by atoms with van der Waals surface area (Å²) in [5.41, 5.74) is 6.63. The molecule has 0 bridgehead atoms. The lowest BCUT2D eigenvalue weighted by Crippen LogP contribution is -2.44. The van der Waals surface area contributed by atoms with Crippen LogP contribution in [0.2, 0.25) is 0 Å².